The first kappa shape index (κ1) is 20.3. The summed E-state index contributed by atoms with van der Waals surface area (Å²) >= 11 is 1.41. The van der Waals surface area contributed by atoms with E-state index in [2.05, 4.69) is 35.6 Å². The second-order valence-corrected chi connectivity index (χ2v) is 8.17. The van der Waals surface area contributed by atoms with Crippen molar-refractivity contribution in [1.29, 1.82) is 0 Å². The molecule has 0 saturated carbocycles. The molecule has 10 heteroatoms. The van der Waals surface area contributed by atoms with E-state index in [4.69, 9.17) is 4.74 Å². The van der Waals surface area contributed by atoms with Crippen molar-refractivity contribution >= 4 is 28.2 Å². The number of nitrogens with zero attached hydrogens (tertiary/aromatic N) is 6. The monoisotopic (exact) mass is 425 g/mol. The molecule has 0 radical (unpaired) electrons. The molecule has 1 fully saturated rings. The lowest BCUT2D eigenvalue weighted by Gasteiger charge is -2.32. The molecule has 1 amide bonds. The summed E-state index contributed by atoms with van der Waals surface area (Å²) in [6, 6.07) is 7.48. The zero-order valence-corrected chi connectivity index (χ0v) is 17.5. The molecular weight excluding hydrogens is 402 g/mol. The van der Waals surface area contributed by atoms with Crippen LogP contribution in [-0.4, -0.2) is 51.5 Å². The number of ether oxygens (including phenoxy) is 1. The van der Waals surface area contributed by atoms with E-state index in [9.17, 15) is 4.79 Å². The van der Waals surface area contributed by atoms with Crippen molar-refractivity contribution in [3.8, 4) is 0 Å². The summed E-state index contributed by atoms with van der Waals surface area (Å²) in [6.07, 6.45) is 7.20. The number of anilines is 2. The third-order valence-electron chi connectivity index (χ3n) is 5.12. The van der Waals surface area contributed by atoms with E-state index in [1.54, 1.807) is 30.7 Å². The summed E-state index contributed by atoms with van der Waals surface area (Å²) in [4.78, 5) is 18.9. The lowest BCUT2D eigenvalue weighted by Crippen LogP contribution is -2.34. The maximum Gasteiger partial charge on any atom is 0.260 e. The average molecular weight is 426 g/mol. The number of pyridine rings is 1. The normalized spacial score (nSPS) is 15.7. The standard InChI is InChI=1S/C20H23N7O2S/c1-29-18(15-4-2-8-21-13-15)19(28)23-20-26-25-17(30-20)12-14-6-10-27(11-7-14)16-5-3-9-22-24-16/h2-5,8-9,13-14,18H,6-7,10-12H2,1H3,(H,23,26,28)/t18-/m1/s1. The maximum atomic E-state index is 12.6. The van der Waals surface area contributed by atoms with Gasteiger partial charge in [0.2, 0.25) is 5.13 Å². The van der Waals surface area contributed by atoms with Gasteiger partial charge in [-0.1, -0.05) is 17.4 Å². The summed E-state index contributed by atoms with van der Waals surface area (Å²) < 4.78 is 5.34. The highest BCUT2D eigenvalue weighted by Gasteiger charge is 2.24. The summed E-state index contributed by atoms with van der Waals surface area (Å²) in [7, 11) is 1.50. The van der Waals surface area contributed by atoms with Crippen LogP contribution >= 0.6 is 11.3 Å². The van der Waals surface area contributed by atoms with E-state index in [1.807, 2.05) is 12.1 Å². The highest BCUT2D eigenvalue weighted by Crippen LogP contribution is 2.27. The summed E-state index contributed by atoms with van der Waals surface area (Å²) in [6.45, 7) is 1.90. The number of aromatic nitrogens is 5. The summed E-state index contributed by atoms with van der Waals surface area (Å²) in [5.41, 5.74) is 0.692. The van der Waals surface area contributed by atoms with E-state index in [-0.39, 0.29) is 5.91 Å². The molecule has 1 aliphatic rings. The van der Waals surface area contributed by atoms with Crippen LogP contribution < -0.4 is 10.2 Å². The van der Waals surface area contributed by atoms with Crippen molar-refractivity contribution in [2.45, 2.75) is 25.4 Å². The number of piperidine rings is 1. The van der Waals surface area contributed by atoms with Crippen molar-refractivity contribution < 1.29 is 9.53 Å². The van der Waals surface area contributed by atoms with E-state index in [0.29, 0.717) is 16.6 Å². The molecule has 3 aromatic heterocycles. The Morgan fingerprint density at radius 3 is 2.77 bits per heavy atom. The maximum absolute atomic E-state index is 12.6. The van der Waals surface area contributed by atoms with Crippen molar-refractivity contribution in [1.82, 2.24) is 25.4 Å². The van der Waals surface area contributed by atoms with Crippen LogP contribution in [0.15, 0.2) is 42.9 Å². The van der Waals surface area contributed by atoms with Gasteiger partial charge >= 0.3 is 0 Å². The van der Waals surface area contributed by atoms with Gasteiger partial charge in [-0.2, -0.15) is 5.10 Å². The Bertz CT molecular complexity index is 946. The number of amides is 1. The summed E-state index contributed by atoms with van der Waals surface area (Å²) in [5.74, 6) is 1.18. The number of nitrogens with one attached hydrogen (secondary N) is 1. The Hall–Kier alpha value is -2.98. The quantitative estimate of drug-likeness (QED) is 0.615. The molecule has 1 N–H and O–H groups in total. The Balaban J connectivity index is 1.30. The number of rotatable bonds is 7. The molecule has 3 aromatic rings. The van der Waals surface area contributed by atoms with E-state index in [1.165, 1.54) is 18.4 Å². The molecule has 30 heavy (non-hydrogen) atoms. The van der Waals surface area contributed by atoms with Crippen LogP contribution in [0, 0.1) is 5.92 Å². The Morgan fingerprint density at radius 1 is 1.23 bits per heavy atom. The zero-order valence-electron chi connectivity index (χ0n) is 16.6. The smallest absolute Gasteiger partial charge is 0.260 e. The van der Waals surface area contributed by atoms with E-state index >= 15 is 0 Å². The molecule has 1 atom stereocenters. The number of hydrogen-bond donors (Lipinski definition) is 1. The van der Waals surface area contributed by atoms with Gasteiger partial charge in [-0.25, -0.2) is 0 Å². The van der Waals surface area contributed by atoms with Crippen molar-refractivity contribution in [2.75, 3.05) is 30.4 Å². The van der Waals surface area contributed by atoms with Crippen LogP contribution in [0.4, 0.5) is 10.9 Å². The Labute approximate surface area is 178 Å². The molecule has 0 aliphatic carbocycles. The number of carbonyl (C=O) groups is 1. The van der Waals surface area contributed by atoms with Gasteiger partial charge in [-0.15, -0.1) is 15.3 Å². The largest absolute Gasteiger partial charge is 0.367 e. The lowest BCUT2D eigenvalue weighted by atomic mass is 9.94. The first-order valence-corrected chi connectivity index (χ1v) is 10.6. The van der Waals surface area contributed by atoms with Crippen LogP contribution in [0.3, 0.4) is 0 Å². The first-order valence-electron chi connectivity index (χ1n) is 9.81. The predicted molar refractivity (Wildman–Crippen MR) is 113 cm³/mol. The molecule has 0 spiro atoms. The molecule has 4 heterocycles. The number of hydrogen-bond acceptors (Lipinski definition) is 9. The third kappa shape index (κ3) is 4.95. The molecule has 1 aliphatic heterocycles. The average Bonchev–Trinajstić information content (AvgIpc) is 3.23. The predicted octanol–water partition coefficient (Wildman–Crippen LogP) is 2.51. The highest BCUT2D eigenvalue weighted by molar-refractivity contribution is 7.15. The van der Waals surface area contributed by atoms with Gasteiger partial charge in [0, 0.05) is 50.8 Å². The first-order chi connectivity index (χ1) is 14.7. The van der Waals surface area contributed by atoms with Crippen molar-refractivity contribution in [3.05, 3.63) is 53.4 Å². The minimum Gasteiger partial charge on any atom is -0.367 e. The topological polar surface area (TPSA) is 106 Å². The van der Waals surface area contributed by atoms with Crippen molar-refractivity contribution in [2.24, 2.45) is 5.92 Å². The molecule has 0 bridgehead atoms. The lowest BCUT2D eigenvalue weighted by molar-refractivity contribution is -0.126. The molecule has 156 valence electrons. The zero-order chi connectivity index (χ0) is 20.8. The molecule has 0 unspecified atom stereocenters. The SMILES string of the molecule is CO[C@@H](C(=O)Nc1nnc(CC2CCN(c3cccnn3)CC2)s1)c1cccnc1. The van der Waals surface area contributed by atoms with Gasteiger partial charge < -0.3 is 9.64 Å². The Morgan fingerprint density at radius 2 is 2.07 bits per heavy atom. The second kappa shape index (κ2) is 9.68. The van der Waals surface area contributed by atoms with Gasteiger partial charge in [0.1, 0.15) is 5.01 Å². The second-order valence-electron chi connectivity index (χ2n) is 7.11. The van der Waals surface area contributed by atoms with Gasteiger partial charge in [0.25, 0.3) is 5.91 Å². The fourth-order valence-corrected chi connectivity index (χ4v) is 4.42. The van der Waals surface area contributed by atoms with Crippen LogP contribution in [0.1, 0.15) is 29.5 Å². The molecule has 9 nitrogen and oxygen atoms in total. The fourth-order valence-electron chi connectivity index (χ4n) is 3.56. The van der Waals surface area contributed by atoms with E-state index < -0.39 is 6.10 Å². The van der Waals surface area contributed by atoms with E-state index in [0.717, 1.165) is 43.2 Å². The Kier molecular flexibility index (Phi) is 6.55. The van der Waals surface area contributed by atoms with Crippen LogP contribution in [0.5, 0.6) is 0 Å². The fraction of sp³-hybridized carbons (Fsp3) is 0.400. The van der Waals surface area contributed by atoms with Crippen molar-refractivity contribution in [3.63, 3.8) is 0 Å². The van der Waals surface area contributed by atoms with Crippen LogP contribution in [0.25, 0.3) is 0 Å². The minimum atomic E-state index is -0.739. The third-order valence-corrected chi connectivity index (χ3v) is 5.98. The van der Waals surface area contributed by atoms with Crippen LogP contribution in [-0.2, 0) is 16.0 Å². The molecule has 0 aromatic carbocycles. The van der Waals surface area contributed by atoms with Gasteiger partial charge in [-0.3, -0.25) is 15.1 Å². The molecular formula is C20H23N7O2S. The van der Waals surface area contributed by atoms with Gasteiger partial charge in [0.05, 0.1) is 0 Å². The molecule has 4 rings (SSSR count). The highest BCUT2D eigenvalue weighted by atomic mass is 32.1. The van der Waals surface area contributed by atoms with Gasteiger partial charge in [0.15, 0.2) is 11.9 Å². The van der Waals surface area contributed by atoms with Crippen LogP contribution in [0.2, 0.25) is 0 Å². The number of carbonyl (C=O) groups excluding carboxylic acids is 1. The molecule has 1 saturated heterocycles. The van der Waals surface area contributed by atoms with Gasteiger partial charge in [-0.05, 0) is 37.0 Å². The minimum absolute atomic E-state index is 0.287. The summed E-state index contributed by atoms with van der Waals surface area (Å²) in [5, 5.41) is 20.8. The number of methoxy groups -OCH3 is 1.